The molecule has 1 heterocycles. The highest BCUT2D eigenvalue weighted by atomic mass is 16.3. The fraction of sp³-hybridized carbons (Fsp3) is 0.647. The number of piperidine rings is 1. The summed E-state index contributed by atoms with van der Waals surface area (Å²) in [7, 11) is 0. The summed E-state index contributed by atoms with van der Waals surface area (Å²) in [6.45, 7) is 11.7. The van der Waals surface area contributed by atoms with E-state index >= 15 is 0 Å². The molecule has 0 bridgehead atoms. The van der Waals surface area contributed by atoms with Gasteiger partial charge >= 0.3 is 0 Å². The molecule has 0 aromatic heterocycles. The number of aliphatic hydroxyl groups is 1. The van der Waals surface area contributed by atoms with Crippen LogP contribution in [0.15, 0.2) is 24.3 Å². The van der Waals surface area contributed by atoms with Crippen LogP contribution in [0, 0.1) is 0 Å². The zero-order valence-corrected chi connectivity index (χ0v) is 12.7. The van der Waals surface area contributed by atoms with Crippen molar-refractivity contribution in [3.63, 3.8) is 0 Å². The molecule has 2 heteroatoms. The van der Waals surface area contributed by atoms with Gasteiger partial charge in [-0.15, -0.1) is 0 Å². The van der Waals surface area contributed by atoms with Crippen LogP contribution in [-0.2, 0) is 12.0 Å². The van der Waals surface area contributed by atoms with Crippen molar-refractivity contribution >= 4 is 0 Å². The first kappa shape index (κ1) is 14.5. The number of hydrogen-bond donors (Lipinski definition) is 1. The van der Waals surface area contributed by atoms with Gasteiger partial charge < -0.3 is 5.11 Å². The summed E-state index contributed by atoms with van der Waals surface area (Å²) in [6.07, 6.45) is 1.76. The van der Waals surface area contributed by atoms with Gasteiger partial charge in [-0.3, -0.25) is 4.90 Å². The molecule has 19 heavy (non-hydrogen) atoms. The summed E-state index contributed by atoms with van der Waals surface area (Å²) >= 11 is 0. The van der Waals surface area contributed by atoms with E-state index in [2.05, 4.69) is 49.9 Å². The van der Waals surface area contributed by atoms with Gasteiger partial charge in [-0.2, -0.15) is 0 Å². The van der Waals surface area contributed by atoms with E-state index in [1.54, 1.807) is 0 Å². The first-order valence-electron chi connectivity index (χ1n) is 7.30. The largest absolute Gasteiger partial charge is 0.390 e. The molecule has 0 unspecified atom stereocenters. The van der Waals surface area contributed by atoms with E-state index in [1.807, 2.05) is 6.92 Å². The third-order valence-electron chi connectivity index (χ3n) is 4.16. The minimum atomic E-state index is -0.452. The summed E-state index contributed by atoms with van der Waals surface area (Å²) in [5.74, 6) is 0. The molecular formula is C17H27NO. The summed E-state index contributed by atoms with van der Waals surface area (Å²) in [4.78, 5) is 2.43. The van der Waals surface area contributed by atoms with Crippen LogP contribution in [0.5, 0.6) is 0 Å². The zero-order chi connectivity index (χ0) is 14.1. The van der Waals surface area contributed by atoms with E-state index in [1.165, 1.54) is 11.1 Å². The maximum atomic E-state index is 9.96. The lowest BCUT2D eigenvalue weighted by Gasteiger charge is -2.35. The summed E-state index contributed by atoms with van der Waals surface area (Å²) in [6, 6.07) is 8.98. The zero-order valence-electron chi connectivity index (χ0n) is 12.7. The minimum Gasteiger partial charge on any atom is -0.390 e. The molecule has 1 saturated heterocycles. The van der Waals surface area contributed by atoms with Gasteiger partial charge in [0.2, 0.25) is 0 Å². The Kier molecular flexibility index (Phi) is 4.03. The monoisotopic (exact) mass is 261 g/mol. The second kappa shape index (κ2) is 5.26. The Labute approximate surface area is 117 Å². The van der Waals surface area contributed by atoms with Crippen LogP contribution < -0.4 is 0 Å². The first-order chi connectivity index (χ1) is 8.76. The second-order valence-electron chi connectivity index (χ2n) is 7.22. The van der Waals surface area contributed by atoms with Crippen molar-refractivity contribution in [1.82, 2.24) is 4.90 Å². The molecule has 2 rings (SSSR count). The fourth-order valence-electron chi connectivity index (χ4n) is 2.56. The van der Waals surface area contributed by atoms with E-state index in [0.717, 1.165) is 32.5 Å². The topological polar surface area (TPSA) is 23.5 Å². The summed E-state index contributed by atoms with van der Waals surface area (Å²) < 4.78 is 0. The highest BCUT2D eigenvalue weighted by molar-refractivity contribution is 5.27. The quantitative estimate of drug-likeness (QED) is 0.882. The molecular weight excluding hydrogens is 234 g/mol. The molecule has 0 spiro atoms. The van der Waals surface area contributed by atoms with Crippen LogP contribution in [0.2, 0.25) is 0 Å². The second-order valence-corrected chi connectivity index (χ2v) is 7.22. The Balaban J connectivity index is 1.94. The van der Waals surface area contributed by atoms with Gasteiger partial charge in [0, 0.05) is 19.6 Å². The Bertz CT molecular complexity index is 404. The molecule has 1 aliphatic heterocycles. The number of likely N-dealkylation sites (tertiary alicyclic amines) is 1. The molecule has 1 N–H and O–H groups in total. The van der Waals surface area contributed by atoms with Gasteiger partial charge in [-0.05, 0) is 36.3 Å². The fourth-order valence-corrected chi connectivity index (χ4v) is 2.56. The van der Waals surface area contributed by atoms with Crippen LogP contribution >= 0.6 is 0 Å². The normalized spacial score (nSPS) is 20.5. The maximum absolute atomic E-state index is 9.96. The van der Waals surface area contributed by atoms with E-state index in [0.29, 0.717) is 0 Å². The molecule has 2 nitrogen and oxygen atoms in total. The number of rotatable bonds is 2. The molecule has 0 atom stereocenters. The third kappa shape index (κ3) is 4.05. The van der Waals surface area contributed by atoms with E-state index in [-0.39, 0.29) is 5.41 Å². The average Bonchev–Trinajstić information content (AvgIpc) is 2.31. The third-order valence-corrected chi connectivity index (χ3v) is 4.16. The minimum absolute atomic E-state index is 0.225. The van der Waals surface area contributed by atoms with Crippen molar-refractivity contribution in [3.05, 3.63) is 35.4 Å². The van der Waals surface area contributed by atoms with Crippen LogP contribution in [0.1, 0.15) is 51.7 Å². The Morgan fingerprint density at radius 1 is 1.11 bits per heavy atom. The highest BCUT2D eigenvalue weighted by Gasteiger charge is 2.27. The van der Waals surface area contributed by atoms with Crippen molar-refractivity contribution in [2.45, 2.75) is 58.1 Å². The Morgan fingerprint density at radius 2 is 1.63 bits per heavy atom. The standard InChI is InChI=1S/C17H27NO/c1-16(2,3)15-7-5-14(6-8-15)13-18-11-9-17(4,19)10-12-18/h5-8,19H,9-13H2,1-4H3. The number of hydrogen-bond acceptors (Lipinski definition) is 2. The highest BCUT2D eigenvalue weighted by Crippen LogP contribution is 2.24. The van der Waals surface area contributed by atoms with Crippen molar-refractivity contribution < 1.29 is 5.11 Å². The van der Waals surface area contributed by atoms with Gasteiger partial charge in [-0.25, -0.2) is 0 Å². The van der Waals surface area contributed by atoms with E-state index in [9.17, 15) is 5.11 Å². The Hall–Kier alpha value is -0.860. The molecule has 0 radical (unpaired) electrons. The summed E-state index contributed by atoms with van der Waals surface area (Å²) in [5, 5.41) is 9.96. The molecule has 1 fully saturated rings. The van der Waals surface area contributed by atoms with Crippen LogP contribution in [-0.4, -0.2) is 28.7 Å². The molecule has 1 aromatic rings. The van der Waals surface area contributed by atoms with E-state index < -0.39 is 5.60 Å². The molecule has 1 aliphatic rings. The van der Waals surface area contributed by atoms with Gasteiger partial charge in [-0.1, -0.05) is 45.0 Å². The summed E-state index contributed by atoms with van der Waals surface area (Å²) in [5.41, 5.74) is 2.53. The molecule has 0 saturated carbocycles. The lowest BCUT2D eigenvalue weighted by Crippen LogP contribution is -2.41. The number of nitrogens with zero attached hydrogens (tertiary/aromatic N) is 1. The molecule has 0 amide bonds. The lowest BCUT2D eigenvalue weighted by atomic mass is 9.86. The van der Waals surface area contributed by atoms with Crippen LogP contribution in [0.25, 0.3) is 0 Å². The lowest BCUT2D eigenvalue weighted by molar-refractivity contribution is -0.00730. The van der Waals surface area contributed by atoms with Gasteiger partial charge in [0.15, 0.2) is 0 Å². The van der Waals surface area contributed by atoms with Crippen LogP contribution in [0.4, 0.5) is 0 Å². The Morgan fingerprint density at radius 3 is 2.11 bits per heavy atom. The maximum Gasteiger partial charge on any atom is 0.0644 e. The SMILES string of the molecule is CC1(O)CCN(Cc2ccc(C(C)(C)C)cc2)CC1. The first-order valence-corrected chi connectivity index (χ1v) is 7.30. The predicted octanol–water partition coefficient (Wildman–Crippen LogP) is 3.33. The smallest absolute Gasteiger partial charge is 0.0644 e. The molecule has 0 aliphatic carbocycles. The van der Waals surface area contributed by atoms with Crippen molar-refractivity contribution in [1.29, 1.82) is 0 Å². The predicted molar refractivity (Wildman–Crippen MR) is 80.3 cm³/mol. The van der Waals surface area contributed by atoms with Gasteiger partial charge in [0.25, 0.3) is 0 Å². The molecule has 106 valence electrons. The van der Waals surface area contributed by atoms with Crippen molar-refractivity contribution in [2.75, 3.05) is 13.1 Å². The van der Waals surface area contributed by atoms with Crippen LogP contribution in [0.3, 0.4) is 0 Å². The van der Waals surface area contributed by atoms with Gasteiger partial charge in [0.05, 0.1) is 5.60 Å². The number of benzene rings is 1. The van der Waals surface area contributed by atoms with Gasteiger partial charge in [0.1, 0.15) is 0 Å². The van der Waals surface area contributed by atoms with Crippen molar-refractivity contribution in [3.8, 4) is 0 Å². The molecule has 1 aromatic carbocycles. The van der Waals surface area contributed by atoms with Crippen molar-refractivity contribution in [2.24, 2.45) is 0 Å². The van der Waals surface area contributed by atoms with E-state index in [4.69, 9.17) is 0 Å². The average molecular weight is 261 g/mol.